The highest BCUT2D eigenvalue weighted by Crippen LogP contribution is 2.24. The van der Waals surface area contributed by atoms with E-state index in [0.29, 0.717) is 11.7 Å². The number of carbonyl (C=O) groups excluding carboxylic acids is 1. The molecule has 0 spiro atoms. The Morgan fingerprint density at radius 1 is 1.03 bits per heavy atom. The van der Waals surface area contributed by atoms with Crippen LogP contribution in [0.1, 0.15) is 46.0 Å². The highest BCUT2D eigenvalue weighted by Gasteiger charge is 2.27. The standard InChI is InChI=1S/C23H27N7O/c1-14-9-19-20(10-15(14)2)29(13-24-19)12-18-5-7-28(8-6-18)22(31)21-26-23-25-16(3)11-17(4)30(23)27-21/h9-11,13,18H,5-8,12H2,1-4H3. The van der Waals surface area contributed by atoms with Gasteiger partial charge in [-0.05, 0) is 75.8 Å². The Morgan fingerprint density at radius 3 is 2.55 bits per heavy atom. The number of carbonyl (C=O) groups is 1. The highest BCUT2D eigenvalue weighted by molar-refractivity contribution is 5.91. The summed E-state index contributed by atoms with van der Waals surface area (Å²) in [4.78, 5) is 28.2. The van der Waals surface area contributed by atoms with Crippen LogP contribution in [0, 0.1) is 33.6 Å². The maximum Gasteiger partial charge on any atom is 0.293 e. The van der Waals surface area contributed by atoms with Crippen LogP contribution in [0.25, 0.3) is 16.8 Å². The second-order valence-corrected chi connectivity index (χ2v) is 8.74. The number of rotatable bonds is 3. The molecule has 0 unspecified atom stereocenters. The summed E-state index contributed by atoms with van der Waals surface area (Å²) in [5.74, 6) is 1.11. The van der Waals surface area contributed by atoms with Gasteiger partial charge in [0, 0.05) is 31.0 Å². The summed E-state index contributed by atoms with van der Waals surface area (Å²) in [5.41, 5.74) is 6.59. The van der Waals surface area contributed by atoms with E-state index >= 15 is 0 Å². The van der Waals surface area contributed by atoms with Gasteiger partial charge in [-0.15, -0.1) is 5.10 Å². The molecule has 1 aliphatic heterocycles. The molecule has 4 aromatic rings. The number of aryl methyl sites for hydroxylation is 4. The second-order valence-electron chi connectivity index (χ2n) is 8.74. The summed E-state index contributed by atoms with van der Waals surface area (Å²) < 4.78 is 3.89. The lowest BCUT2D eigenvalue weighted by Crippen LogP contribution is -2.39. The van der Waals surface area contributed by atoms with Crippen LogP contribution >= 0.6 is 0 Å². The van der Waals surface area contributed by atoms with E-state index in [2.05, 4.69) is 50.6 Å². The summed E-state index contributed by atoms with van der Waals surface area (Å²) in [5, 5.41) is 4.40. The molecule has 1 aromatic carbocycles. The first-order chi connectivity index (χ1) is 14.9. The second kappa shape index (κ2) is 7.44. The Balaban J connectivity index is 1.27. The summed E-state index contributed by atoms with van der Waals surface area (Å²) in [6.07, 6.45) is 3.86. The Kier molecular flexibility index (Phi) is 4.72. The van der Waals surface area contributed by atoms with Crippen LogP contribution in [0.2, 0.25) is 0 Å². The first-order valence-corrected chi connectivity index (χ1v) is 10.8. The van der Waals surface area contributed by atoms with Crippen molar-refractivity contribution in [1.82, 2.24) is 34.0 Å². The average Bonchev–Trinajstić information content (AvgIpc) is 3.33. The Labute approximate surface area is 180 Å². The molecule has 3 aromatic heterocycles. The third-order valence-electron chi connectivity index (χ3n) is 6.40. The van der Waals surface area contributed by atoms with Crippen molar-refractivity contribution < 1.29 is 4.79 Å². The number of nitrogens with zero attached hydrogens (tertiary/aromatic N) is 7. The first-order valence-electron chi connectivity index (χ1n) is 10.8. The van der Waals surface area contributed by atoms with E-state index in [1.807, 2.05) is 31.1 Å². The zero-order valence-electron chi connectivity index (χ0n) is 18.5. The van der Waals surface area contributed by atoms with Crippen molar-refractivity contribution in [2.75, 3.05) is 13.1 Å². The minimum Gasteiger partial charge on any atom is -0.336 e. The Hall–Kier alpha value is -3.29. The molecule has 0 saturated carbocycles. The van der Waals surface area contributed by atoms with Crippen molar-refractivity contribution in [3.63, 3.8) is 0 Å². The summed E-state index contributed by atoms with van der Waals surface area (Å²) in [7, 11) is 0. The number of amides is 1. The lowest BCUT2D eigenvalue weighted by atomic mass is 9.96. The van der Waals surface area contributed by atoms with Crippen molar-refractivity contribution in [3.05, 3.63) is 52.9 Å². The van der Waals surface area contributed by atoms with Gasteiger partial charge in [0.05, 0.1) is 17.4 Å². The minimum atomic E-state index is -0.111. The molecule has 31 heavy (non-hydrogen) atoms. The van der Waals surface area contributed by atoms with Crippen LogP contribution in [0.5, 0.6) is 0 Å². The van der Waals surface area contributed by atoms with Gasteiger partial charge < -0.3 is 9.47 Å². The van der Waals surface area contributed by atoms with Gasteiger partial charge in [0.25, 0.3) is 11.7 Å². The van der Waals surface area contributed by atoms with E-state index in [1.165, 1.54) is 16.6 Å². The van der Waals surface area contributed by atoms with Crippen LogP contribution in [-0.2, 0) is 6.54 Å². The predicted octanol–water partition coefficient (Wildman–Crippen LogP) is 3.26. The fraction of sp³-hybridized carbons (Fsp3) is 0.435. The van der Waals surface area contributed by atoms with Crippen molar-refractivity contribution in [2.45, 2.75) is 47.1 Å². The minimum absolute atomic E-state index is 0.111. The van der Waals surface area contributed by atoms with Crippen molar-refractivity contribution in [2.24, 2.45) is 5.92 Å². The third-order valence-corrected chi connectivity index (χ3v) is 6.40. The normalized spacial score (nSPS) is 15.3. The Morgan fingerprint density at radius 2 is 1.77 bits per heavy atom. The molecule has 1 aliphatic rings. The van der Waals surface area contributed by atoms with E-state index in [0.717, 1.165) is 49.4 Å². The maximum atomic E-state index is 13.0. The molecule has 1 saturated heterocycles. The maximum absolute atomic E-state index is 13.0. The molecule has 0 aliphatic carbocycles. The molecule has 5 rings (SSSR count). The van der Waals surface area contributed by atoms with Gasteiger partial charge in [0.1, 0.15) is 0 Å². The van der Waals surface area contributed by atoms with Crippen LogP contribution < -0.4 is 0 Å². The number of hydrogen-bond acceptors (Lipinski definition) is 5. The van der Waals surface area contributed by atoms with Gasteiger partial charge in [-0.25, -0.2) is 14.5 Å². The van der Waals surface area contributed by atoms with E-state index < -0.39 is 0 Å². The van der Waals surface area contributed by atoms with Gasteiger partial charge >= 0.3 is 0 Å². The summed E-state index contributed by atoms with van der Waals surface area (Å²) in [6, 6.07) is 6.32. The molecule has 0 radical (unpaired) electrons. The zero-order valence-corrected chi connectivity index (χ0v) is 18.5. The van der Waals surface area contributed by atoms with Crippen LogP contribution in [0.3, 0.4) is 0 Å². The van der Waals surface area contributed by atoms with E-state index in [4.69, 9.17) is 0 Å². The number of likely N-dealkylation sites (tertiary alicyclic amines) is 1. The van der Waals surface area contributed by atoms with E-state index in [-0.39, 0.29) is 11.7 Å². The largest absolute Gasteiger partial charge is 0.336 e. The molecule has 0 atom stereocenters. The molecule has 0 N–H and O–H groups in total. The smallest absolute Gasteiger partial charge is 0.293 e. The number of benzene rings is 1. The molecule has 1 fully saturated rings. The van der Waals surface area contributed by atoms with Gasteiger partial charge in [0.15, 0.2) is 0 Å². The third kappa shape index (κ3) is 3.56. The van der Waals surface area contributed by atoms with Crippen LogP contribution in [0.4, 0.5) is 0 Å². The number of hydrogen-bond donors (Lipinski definition) is 0. The fourth-order valence-electron chi connectivity index (χ4n) is 4.45. The van der Waals surface area contributed by atoms with E-state index in [1.54, 1.807) is 4.52 Å². The van der Waals surface area contributed by atoms with Crippen molar-refractivity contribution in [3.8, 4) is 0 Å². The van der Waals surface area contributed by atoms with Crippen LogP contribution in [-0.4, -0.2) is 53.0 Å². The fourth-order valence-corrected chi connectivity index (χ4v) is 4.45. The molecule has 4 heterocycles. The topological polar surface area (TPSA) is 81.2 Å². The monoisotopic (exact) mass is 417 g/mol. The number of piperidine rings is 1. The molecule has 160 valence electrons. The van der Waals surface area contributed by atoms with Crippen LogP contribution in [0.15, 0.2) is 24.5 Å². The average molecular weight is 418 g/mol. The van der Waals surface area contributed by atoms with Crippen molar-refractivity contribution in [1.29, 1.82) is 0 Å². The van der Waals surface area contributed by atoms with Crippen molar-refractivity contribution >= 4 is 22.7 Å². The van der Waals surface area contributed by atoms with Gasteiger partial charge in [-0.2, -0.15) is 4.98 Å². The molecular formula is C23H27N7O. The lowest BCUT2D eigenvalue weighted by Gasteiger charge is -2.31. The highest BCUT2D eigenvalue weighted by atomic mass is 16.2. The molecule has 0 bridgehead atoms. The number of imidazole rings is 1. The lowest BCUT2D eigenvalue weighted by molar-refractivity contribution is 0.0671. The SMILES string of the molecule is Cc1cc(C)n2nc(C(=O)N3CCC(Cn4cnc5cc(C)c(C)cc54)CC3)nc2n1. The number of fused-ring (bicyclic) bond motifs is 2. The Bertz CT molecular complexity index is 1290. The summed E-state index contributed by atoms with van der Waals surface area (Å²) >= 11 is 0. The first kappa shape index (κ1) is 19.7. The summed E-state index contributed by atoms with van der Waals surface area (Å²) in [6.45, 7) is 10.5. The number of aromatic nitrogens is 6. The van der Waals surface area contributed by atoms with Gasteiger partial charge in [-0.3, -0.25) is 4.79 Å². The predicted molar refractivity (Wildman–Crippen MR) is 118 cm³/mol. The molecular weight excluding hydrogens is 390 g/mol. The molecule has 8 heteroatoms. The zero-order chi connectivity index (χ0) is 21.7. The van der Waals surface area contributed by atoms with E-state index in [9.17, 15) is 4.79 Å². The van der Waals surface area contributed by atoms with Gasteiger partial charge in [0.2, 0.25) is 5.82 Å². The molecule has 1 amide bonds. The van der Waals surface area contributed by atoms with Gasteiger partial charge in [-0.1, -0.05) is 0 Å². The molecule has 8 nitrogen and oxygen atoms in total. The quantitative estimate of drug-likeness (QED) is 0.511.